The molecule has 5 aliphatic rings. The van der Waals surface area contributed by atoms with Gasteiger partial charge in [-0.3, -0.25) is 14.4 Å². The fourth-order valence-electron chi connectivity index (χ4n) is 6.91. The molecule has 0 spiro atoms. The standard InChI is InChI=1S/C30H34N4O4S/c1-38-28-15-21(9-12-31-28)25-8-5-19-3-2-4-24(19)26(25)16-23(35)18-39(36,37)30-27-17-33-13-10-20(11-14-33)29(27)34(32-30)22-6-7-22/h5,8-9,12,15,20,22H,2-4,6-7,10-11,13-14,16-18H2,1H3. The van der Waals surface area contributed by atoms with Crippen LogP contribution >= 0.6 is 0 Å². The number of aryl methyl sites for hydroxylation is 1. The molecule has 2 aliphatic carbocycles. The van der Waals surface area contributed by atoms with Crippen LogP contribution in [0.3, 0.4) is 0 Å². The van der Waals surface area contributed by atoms with Crippen molar-refractivity contribution in [2.45, 2.75) is 74.9 Å². The van der Waals surface area contributed by atoms with Gasteiger partial charge < -0.3 is 4.74 Å². The van der Waals surface area contributed by atoms with Gasteiger partial charge in [0.25, 0.3) is 0 Å². The second-order valence-electron chi connectivity index (χ2n) is 11.5. The first-order valence-electron chi connectivity index (χ1n) is 14.1. The van der Waals surface area contributed by atoms with E-state index in [1.54, 1.807) is 13.3 Å². The summed E-state index contributed by atoms with van der Waals surface area (Å²) in [5.41, 5.74) is 7.20. The van der Waals surface area contributed by atoms with Crippen LogP contribution in [0.5, 0.6) is 5.88 Å². The summed E-state index contributed by atoms with van der Waals surface area (Å²) in [4.78, 5) is 20.1. The summed E-state index contributed by atoms with van der Waals surface area (Å²) in [6, 6.07) is 8.27. The van der Waals surface area contributed by atoms with E-state index in [9.17, 15) is 13.2 Å². The van der Waals surface area contributed by atoms with Crippen molar-refractivity contribution in [1.29, 1.82) is 0 Å². The average molecular weight is 547 g/mol. The van der Waals surface area contributed by atoms with Gasteiger partial charge in [-0.15, -0.1) is 0 Å². The maximum Gasteiger partial charge on any atom is 0.213 e. The second kappa shape index (κ2) is 9.55. The summed E-state index contributed by atoms with van der Waals surface area (Å²) in [6.07, 6.45) is 8.90. The molecule has 1 saturated carbocycles. The third-order valence-corrected chi connectivity index (χ3v) is 10.6. The molecular weight excluding hydrogens is 512 g/mol. The van der Waals surface area contributed by atoms with Crippen LogP contribution in [-0.4, -0.2) is 59.8 Å². The van der Waals surface area contributed by atoms with E-state index in [4.69, 9.17) is 9.84 Å². The third kappa shape index (κ3) is 4.49. The Morgan fingerprint density at radius 1 is 1.08 bits per heavy atom. The third-order valence-electron chi connectivity index (χ3n) is 8.94. The van der Waals surface area contributed by atoms with Crippen LogP contribution in [0.1, 0.15) is 72.0 Å². The number of benzene rings is 1. The van der Waals surface area contributed by atoms with Gasteiger partial charge in [0.1, 0.15) is 5.75 Å². The number of nitrogens with zero attached hydrogens (tertiary/aromatic N) is 4. The van der Waals surface area contributed by atoms with Crippen molar-refractivity contribution in [3.05, 3.63) is 58.4 Å². The van der Waals surface area contributed by atoms with Crippen LogP contribution in [-0.2, 0) is 40.4 Å². The SMILES string of the molecule is COc1cc(-c2ccc3c(c2CC(=O)CS(=O)(=O)c2nn(C4CC4)c4c2CN2CCC4CC2)CCC3)ccn1. The van der Waals surface area contributed by atoms with Crippen LogP contribution < -0.4 is 4.74 Å². The zero-order valence-electron chi connectivity index (χ0n) is 22.4. The Balaban J connectivity index is 1.22. The molecule has 2 bridgehead atoms. The normalized spacial score (nSPS) is 21.9. The van der Waals surface area contributed by atoms with E-state index in [-0.39, 0.29) is 17.2 Å². The minimum Gasteiger partial charge on any atom is -0.481 e. The number of ether oxygens (including phenoxy) is 1. The van der Waals surface area contributed by atoms with Crippen LogP contribution in [0, 0.1) is 0 Å². The Labute approximate surface area is 229 Å². The molecule has 2 aromatic heterocycles. The summed E-state index contributed by atoms with van der Waals surface area (Å²) < 4.78 is 35.0. The zero-order chi connectivity index (χ0) is 26.7. The molecule has 0 N–H and O–H groups in total. The second-order valence-corrected chi connectivity index (χ2v) is 13.4. The molecule has 8 nitrogen and oxygen atoms in total. The van der Waals surface area contributed by atoms with Crippen LogP contribution in [0.25, 0.3) is 11.1 Å². The summed E-state index contributed by atoms with van der Waals surface area (Å²) >= 11 is 0. The number of hydrogen-bond acceptors (Lipinski definition) is 7. The van der Waals surface area contributed by atoms with E-state index in [1.165, 1.54) is 11.1 Å². The van der Waals surface area contributed by atoms with Gasteiger partial charge in [-0.05, 0) is 91.9 Å². The molecule has 1 saturated heterocycles. The van der Waals surface area contributed by atoms with E-state index < -0.39 is 15.6 Å². The average Bonchev–Trinajstić information content (AvgIpc) is 3.63. The first-order valence-corrected chi connectivity index (χ1v) is 15.8. The molecular formula is C30H34N4O4S. The smallest absolute Gasteiger partial charge is 0.213 e. The number of sulfone groups is 1. The van der Waals surface area contributed by atoms with Crippen molar-refractivity contribution in [2.24, 2.45) is 0 Å². The molecule has 39 heavy (non-hydrogen) atoms. The monoisotopic (exact) mass is 546 g/mol. The molecule has 2 fully saturated rings. The number of carbonyl (C=O) groups is 1. The number of rotatable bonds is 8. The number of carbonyl (C=O) groups excluding carboxylic acids is 1. The molecule has 8 rings (SSSR count). The molecule has 1 aromatic carbocycles. The van der Waals surface area contributed by atoms with Crippen molar-refractivity contribution < 1.29 is 17.9 Å². The lowest BCUT2D eigenvalue weighted by Gasteiger charge is -2.27. The molecule has 3 aromatic rings. The molecule has 0 amide bonds. The van der Waals surface area contributed by atoms with Gasteiger partial charge in [-0.1, -0.05) is 12.1 Å². The molecule has 0 atom stereocenters. The number of methoxy groups -OCH3 is 1. The Morgan fingerprint density at radius 3 is 2.67 bits per heavy atom. The zero-order valence-corrected chi connectivity index (χ0v) is 23.2. The van der Waals surface area contributed by atoms with Crippen LogP contribution in [0.15, 0.2) is 35.5 Å². The molecule has 204 valence electrons. The lowest BCUT2D eigenvalue weighted by atomic mass is 9.90. The summed E-state index contributed by atoms with van der Waals surface area (Å²) in [7, 11) is -2.30. The Kier molecular flexibility index (Phi) is 6.12. The summed E-state index contributed by atoms with van der Waals surface area (Å²) in [5, 5.41) is 4.86. The quantitative estimate of drug-likeness (QED) is 0.421. The predicted octanol–water partition coefficient (Wildman–Crippen LogP) is 4.06. The summed E-state index contributed by atoms with van der Waals surface area (Å²) in [5.74, 6) is 0.0567. The largest absolute Gasteiger partial charge is 0.481 e. The number of aromatic nitrogens is 3. The van der Waals surface area contributed by atoms with E-state index in [1.807, 2.05) is 16.8 Å². The van der Waals surface area contributed by atoms with Gasteiger partial charge in [0, 0.05) is 42.4 Å². The van der Waals surface area contributed by atoms with Crippen molar-refractivity contribution >= 4 is 15.6 Å². The molecule has 5 heterocycles. The molecule has 0 unspecified atom stereocenters. The van der Waals surface area contributed by atoms with Gasteiger partial charge in [0.05, 0.1) is 13.2 Å². The van der Waals surface area contributed by atoms with Gasteiger partial charge in [0.15, 0.2) is 10.8 Å². The first kappa shape index (κ1) is 25.0. The highest BCUT2D eigenvalue weighted by molar-refractivity contribution is 7.92. The maximum absolute atomic E-state index is 13.8. The van der Waals surface area contributed by atoms with Crippen LogP contribution in [0.4, 0.5) is 0 Å². The fourth-order valence-corrected chi connectivity index (χ4v) is 8.33. The number of hydrogen-bond donors (Lipinski definition) is 0. The molecule has 3 aliphatic heterocycles. The van der Waals surface area contributed by atoms with Crippen molar-refractivity contribution in [1.82, 2.24) is 19.7 Å². The lowest BCUT2D eigenvalue weighted by Crippen LogP contribution is -2.30. The lowest BCUT2D eigenvalue weighted by molar-refractivity contribution is -0.116. The number of ketones is 1. The van der Waals surface area contributed by atoms with E-state index >= 15 is 0 Å². The van der Waals surface area contributed by atoms with Gasteiger partial charge in [-0.25, -0.2) is 13.4 Å². The van der Waals surface area contributed by atoms with Gasteiger partial charge >= 0.3 is 0 Å². The number of Topliss-reactive ketones (excluding diaryl/α,β-unsaturated/α-hetero) is 1. The minimum atomic E-state index is -3.88. The Bertz CT molecular complexity index is 1570. The van der Waals surface area contributed by atoms with E-state index in [2.05, 4.69) is 22.0 Å². The minimum absolute atomic E-state index is 0.0860. The topological polar surface area (TPSA) is 94.4 Å². The summed E-state index contributed by atoms with van der Waals surface area (Å²) in [6.45, 7) is 2.59. The highest BCUT2D eigenvalue weighted by Crippen LogP contribution is 2.44. The molecule has 0 radical (unpaired) electrons. The number of piperidine rings is 1. The Hall–Kier alpha value is -3.04. The number of fused-ring (bicyclic) bond motifs is 3. The van der Waals surface area contributed by atoms with Crippen molar-refractivity contribution in [3.63, 3.8) is 0 Å². The highest BCUT2D eigenvalue weighted by Gasteiger charge is 2.40. The Morgan fingerprint density at radius 2 is 1.90 bits per heavy atom. The highest BCUT2D eigenvalue weighted by atomic mass is 32.2. The number of pyridine rings is 1. The predicted molar refractivity (Wildman–Crippen MR) is 147 cm³/mol. The van der Waals surface area contributed by atoms with E-state index in [0.29, 0.717) is 24.4 Å². The maximum atomic E-state index is 13.8. The van der Waals surface area contributed by atoms with Crippen LogP contribution in [0.2, 0.25) is 0 Å². The van der Waals surface area contributed by atoms with Crippen molar-refractivity contribution in [3.8, 4) is 17.0 Å². The fraction of sp³-hybridized carbons (Fsp3) is 0.500. The van der Waals surface area contributed by atoms with Gasteiger partial charge in [0.2, 0.25) is 15.7 Å². The first-order chi connectivity index (χ1) is 18.9. The van der Waals surface area contributed by atoms with E-state index in [0.717, 1.165) is 86.0 Å². The van der Waals surface area contributed by atoms with Crippen molar-refractivity contribution in [2.75, 3.05) is 26.0 Å². The molecule has 9 heteroatoms. The van der Waals surface area contributed by atoms with Gasteiger partial charge in [-0.2, -0.15) is 5.10 Å².